The van der Waals surface area contributed by atoms with E-state index in [0.717, 1.165) is 176 Å². The van der Waals surface area contributed by atoms with E-state index in [-0.39, 0.29) is 83.2 Å². The summed E-state index contributed by atoms with van der Waals surface area (Å²) in [5.74, 6) is 1.43. The molecule has 0 aliphatic heterocycles. The second kappa shape index (κ2) is 86.5. The Hall–Kier alpha value is -11.3. The Morgan fingerprint density at radius 3 is 0.966 bits per heavy atom. The van der Waals surface area contributed by atoms with Gasteiger partial charge >= 0.3 is 11.9 Å². The minimum atomic E-state index is -1.12. The third-order valence-electron chi connectivity index (χ3n) is 25.1. The maximum atomic E-state index is 12.1. The van der Waals surface area contributed by atoms with E-state index in [1.807, 2.05) is 159 Å². The summed E-state index contributed by atoms with van der Waals surface area (Å²) in [6, 6.07) is 54.9. The van der Waals surface area contributed by atoms with Gasteiger partial charge in [0, 0.05) is 161 Å². The number of benzene rings is 7. The summed E-state index contributed by atoms with van der Waals surface area (Å²) in [6.45, 7) is 38.2. The number of ketones is 9. The number of carboxylic acid groups (broad SMARTS) is 1. The Labute approximate surface area is 888 Å². The molecule has 0 spiro atoms. The summed E-state index contributed by atoms with van der Waals surface area (Å²) in [7, 11) is 0. The molecule has 23 nitrogen and oxygen atoms in total. The number of hydrogen-bond acceptors (Lipinski definition) is 20. The van der Waals surface area contributed by atoms with Crippen LogP contribution >= 0.6 is 0 Å². The van der Waals surface area contributed by atoms with Crippen LogP contribution in [0.5, 0.6) is 0 Å². The molecule has 1 aromatic heterocycles. The SMILES string of the molecule is CCCCc1ccc(C(=O)CCC)cc1.CCCCc1ccc(C(=O)CCCC(=O)CC(=O)O)cc1.CCCCc1ccc(C(=O)CCCC(=O)CC)cc1.CCCCc1ccc(C(=O)CCCC(=O)Cc2nn[nH]n2)cc1.CCCCc1ccc(C(=O)CCCC(=O)OCC(C)CC)cc1.CCCCc1ccc(C(=O)CCCCOCC(C)CC)cc1.CCCNc1ccc(C(=O)NCCOCCCOCC(C)CC)cc1. The molecule has 0 aliphatic rings. The Kier molecular flexibility index (Phi) is 77.6. The third kappa shape index (κ3) is 66.2. The standard InChI is InChI=1S/C20H34N2O3.C20H30O3.C20H32O2.C17H22N4O2.C17H22O4.C17H24O2.C14H20O/c1-4-11-21-19-9-7-18(8-10-19)20(23)22-12-15-24-13-6-14-25-16-17(3)5-2;1-4-6-8-17-11-13-18(14-12-17)19(21)9-7-10-20(22)23-15-16(3)5-2;1-4-6-9-18-11-13-19(14-12-18)20(21)10-7-8-15-22-16-17(3)5-2;1-2-3-5-13-8-10-14(11-9-13)16(23)7-4-6-15(22)12-17-18-20-21-19-17;1-2-3-5-13-8-10-14(11-9-13)16(19)7-4-6-15(18)12-17(20)21;1-3-5-7-14-10-12-15(13-11-14)17(19)9-6-8-16(18)4-2;1-3-5-7-12-8-10-13(11-9-12)14(15)6-4-2/h7-10,17,21H,4-6,11-16H2,1-3H3,(H,22,23);11-14,16H,4-10,15H2,1-3H3;11-14,17H,4-10,15-16H2,1-3H3;8-11H,2-7,12H2,1H3,(H,18,19,20,21);8-11H,2-7,12H2,1H3,(H,20,21);10-13H,3-9H2,1-2H3;8-11H,3-7H2,1-2H3. The van der Waals surface area contributed by atoms with Crippen LogP contribution in [0.1, 0.15) is 447 Å². The average molecular weight is 2040 g/mol. The van der Waals surface area contributed by atoms with E-state index in [0.29, 0.717) is 145 Å². The number of ether oxygens (including phenoxy) is 4. The van der Waals surface area contributed by atoms with Crippen molar-refractivity contribution in [2.45, 2.75) is 380 Å². The first-order chi connectivity index (χ1) is 71.6. The van der Waals surface area contributed by atoms with Crippen LogP contribution in [0.3, 0.4) is 0 Å². The number of tetrazole rings is 1. The van der Waals surface area contributed by atoms with Gasteiger partial charge < -0.3 is 34.7 Å². The first kappa shape index (κ1) is 133. The zero-order valence-electron chi connectivity index (χ0n) is 93.0. The number of aryl methyl sites for hydroxylation is 6. The molecule has 0 saturated carbocycles. The summed E-state index contributed by atoms with van der Waals surface area (Å²) in [5.41, 5.74) is 14.0. The Morgan fingerprint density at radius 2 is 0.635 bits per heavy atom. The van der Waals surface area contributed by atoms with Gasteiger partial charge in [-0.05, 0) is 210 Å². The molecule has 148 heavy (non-hydrogen) atoms. The van der Waals surface area contributed by atoms with Crippen molar-refractivity contribution in [3.8, 4) is 0 Å². The van der Waals surface area contributed by atoms with Gasteiger partial charge in [0.05, 0.1) is 19.6 Å². The van der Waals surface area contributed by atoms with Crippen molar-refractivity contribution < 1.29 is 81.6 Å². The van der Waals surface area contributed by atoms with Crippen LogP contribution < -0.4 is 10.6 Å². The van der Waals surface area contributed by atoms with Crippen LogP contribution in [0.2, 0.25) is 0 Å². The van der Waals surface area contributed by atoms with E-state index in [4.69, 9.17) is 24.1 Å². The number of hydrogen-bond donors (Lipinski definition) is 4. The molecule has 0 fully saturated rings. The lowest BCUT2D eigenvalue weighted by Gasteiger charge is -2.10. The number of aromatic amines is 1. The molecule has 1 heterocycles. The third-order valence-corrected chi connectivity index (χ3v) is 25.1. The largest absolute Gasteiger partial charge is 0.481 e. The number of rotatable bonds is 72. The Balaban J connectivity index is 0.000000586. The normalized spacial score (nSPS) is 11.2. The Morgan fingerprint density at radius 1 is 0.311 bits per heavy atom. The molecule has 0 saturated heterocycles. The summed E-state index contributed by atoms with van der Waals surface area (Å²) in [4.78, 5) is 140. The van der Waals surface area contributed by atoms with Crippen LogP contribution in [-0.4, -0.2) is 155 Å². The number of carboxylic acids is 1. The van der Waals surface area contributed by atoms with Gasteiger partial charge in [-0.25, -0.2) is 0 Å². The van der Waals surface area contributed by atoms with Gasteiger partial charge in [-0.15, -0.1) is 10.2 Å². The van der Waals surface area contributed by atoms with Crippen LogP contribution in [0, 0.1) is 17.8 Å². The van der Waals surface area contributed by atoms with Crippen molar-refractivity contribution >= 4 is 75.6 Å². The quantitative estimate of drug-likeness (QED) is 0.0119. The second-order valence-electron chi connectivity index (χ2n) is 38.6. The molecule has 0 radical (unpaired) electrons. The predicted octanol–water partition coefficient (Wildman–Crippen LogP) is 28.6. The van der Waals surface area contributed by atoms with Crippen LogP contribution in [0.25, 0.3) is 0 Å². The molecule has 1 amide bonds. The molecule has 3 unspecified atom stereocenters. The molecule has 0 bridgehead atoms. The number of aromatic nitrogens is 4. The second-order valence-corrected chi connectivity index (χ2v) is 38.6. The number of H-pyrrole nitrogens is 1. The number of anilines is 1. The number of carbonyl (C=O) groups is 12. The van der Waals surface area contributed by atoms with Crippen molar-refractivity contribution in [3.63, 3.8) is 0 Å². The fourth-order valence-corrected chi connectivity index (χ4v) is 14.6. The Bertz CT molecular complexity index is 4880. The van der Waals surface area contributed by atoms with Gasteiger partial charge in [0.2, 0.25) is 0 Å². The van der Waals surface area contributed by atoms with Crippen molar-refractivity contribution in [1.82, 2.24) is 25.9 Å². The smallest absolute Gasteiger partial charge is 0.310 e. The zero-order chi connectivity index (χ0) is 109. The van der Waals surface area contributed by atoms with E-state index in [1.165, 1.54) is 91.2 Å². The molecule has 23 heteroatoms. The highest BCUT2D eigenvalue weighted by atomic mass is 16.5. The van der Waals surface area contributed by atoms with Crippen molar-refractivity contribution in [2.24, 2.45) is 17.8 Å². The fraction of sp³-hybridized carbons (Fsp3) is 0.560. The van der Waals surface area contributed by atoms with E-state index in [1.54, 1.807) is 0 Å². The molecule has 816 valence electrons. The van der Waals surface area contributed by atoms with Crippen LogP contribution in [-0.2, 0) is 87.9 Å². The number of amides is 1. The van der Waals surface area contributed by atoms with Crippen LogP contribution in [0.15, 0.2) is 170 Å². The minimum absolute atomic E-state index is 0.000154. The van der Waals surface area contributed by atoms with Gasteiger partial charge in [-0.2, -0.15) is 5.21 Å². The first-order valence-corrected chi connectivity index (χ1v) is 55.8. The number of esters is 1. The number of carbonyl (C=O) groups excluding carboxylic acids is 11. The maximum Gasteiger partial charge on any atom is 0.310 e. The van der Waals surface area contributed by atoms with Gasteiger partial charge in [0.1, 0.15) is 23.8 Å². The molecular formula is C125H184N6O17. The van der Waals surface area contributed by atoms with Gasteiger partial charge in [-0.1, -0.05) is 312 Å². The lowest BCUT2D eigenvalue weighted by Crippen LogP contribution is -2.27. The van der Waals surface area contributed by atoms with E-state index in [9.17, 15) is 57.5 Å². The molecule has 3 atom stereocenters. The van der Waals surface area contributed by atoms with Gasteiger partial charge in [0.25, 0.3) is 5.91 Å². The highest BCUT2D eigenvalue weighted by molar-refractivity contribution is 6.00. The molecule has 0 aliphatic carbocycles. The number of nitrogens with zero attached hydrogens (tertiary/aromatic N) is 3. The maximum absolute atomic E-state index is 12.1. The lowest BCUT2D eigenvalue weighted by molar-refractivity contribution is -0.145. The fourth-order valence-electron chi connectivity index (χ4n) is 14.6. The summed E-state index contributed by atoms with van der Waals surface area (Å²) >= 11 is 0. The first-order valence-electron chi connectivity index (χ1n) is 55.8. The van der Waals surface area contributed by atoms with Crippen molar-refractivity contribution in [1.29, 1.82) is 0 Å². The van der Waals surface area contributed by atoms with E-state index < -0.39 is 12.4 Å². The number of nitrogens with one attached hydrogen (secondary N) is 3. The molecule has 8 aromatic rings. The average Bonchev–Trinajstić information content (AvgIpc) is 1.43. The van der Waals surface area contributed by atoms with Gasteiger partial charge in [0.15, 0.2) is 40.5 Å². The predicted molar refractivity (Wildman–Crippen MR) is 600 cm³/mol. The summed E-state index contributed by atoms with van der Waals surface area (Å²) in [6.07, 6.45) is 35.3. The van der Waals surface area contributed by atoms with Crippen molar-refractivity contribution in [3.05, 3.63) is 248 Å². The van der Waals surface area contributed by atoms with Crippen molar-refractivity contribution in [2.75, 3.05) is 64.7 Å². The highest BCUT2D eigenvalue weighted by Gasteiger charge is 2.18. The zero-order valence-corrected chi connectivity index (χ0v) is 93.0. The molecule has 4 N–H and O–H groups in total. The van der Waals surface area contributed by atoms with E-state index in [2.05, 4.69) is 146 Å². The topological polar surface area (TPSA) is 341 Å². The monoisotopic (exact) mass is 2040 g/mol. The summed E-state index contributed by atoms with van der Waals surface area (Å²) in [5, 5.41) is 27.8. The number of aliphatic carboxylic acids is 1. The van der Waals surface area contributed by atoms with E-state index >= 15 is 0 Å². The number of Topliss-reactive ketones (excluding diaryl/α,β-unsaturated/α-hetero) is 9. The van der Waals surface area contributed by atoms with Crippen LogP contribution in [0.4, 0.5) is 5.69 Å². The van der Waals surface area contributed by atoms with Gasteiger partial charge in [-0.3, -0.25) is 57.5 Å². The highest BCUT2D eigenvalue weighted by Crippen LogP contribution is 2.21. The molecular weight excluding hydrogens is 1860 g/mol. The molecule has 8 rings (SSSR count). The lowest BCUT2D eigenvalue weighted by atomic mass is 10.0. The summed E-state index contributed by atoms with van der Waals surface area (Å²) < 4.78 is 21.9. The molecule has 7 aromatic carbocycles. The minimum Gasteiger partial charge on any atom is -0.481 e. The number of unbranched alkanes of at least 4 members (excludes halogenated alkanes) is 7.